The highest BCUT2D eigenvalue weighted by atomic mass is 35.5. The van der Waals surface area contributed by atoms with Crippen molar-refractivity contribution in [2.45, 2.75) is 45.2 Å². The number of nitrogens with one attached hydrogen (secondary N) is 1. The number of piperidine rings is 1. The van der Waals surface area contributed by atoms with Gasteiger partial charge >= 0.3 is 0 Å². The third kappa shape index (κ3) is 5.91. The van der Waals surface area contributed by atoms with E-state index in [0.717, 1.165) is 58.2 Å². The van der Waals surface area contributed by atoms with Gasteiger partial charge in [-0.2, -0.15) is 0 Å². The van der Waals surface area contributed by atoms with E-state index in [9.17, 15) is 4.79 Å². The number of pyridine rings is 1. The van der Waals surface area contributed by atoms with Crippen LogP contribution in [0.5, 0.6) is 0 Å². The SMILES string of the molecule is Cc1ccc(CN2CCC(N3CCN(c4ncc(C(=O)NCC5CC5)cc4Cl)CC3)CC2)cc1. The summed E-state index contributed by atoms with van der Waals surface area (Å²) in [6.07, 6.45) is 6.57. The highest BCUT2D eigenvalue weighted by Gasteiger charge is 2.29. The fourth-order valence-corrected chi connectivity index (χ4v) is 5.43. The van der Waals surface area contributed by atoms with Crippen LogP contribution in [-0.2, 0) is 6.54 Å². The van der Waals surface area contributed by atoms with Gasteiger partial charge in [-0.15, -0.1) is 0 Å². The summed E-state index contributed by atoms with van der Waals surface area (Å²) in [6, 6.07) is 11.4. The average molecular weight is 482 g/mol. The van der Waals surface area contributed by atoms with Crippen molar-refractivity contribution in [3.8, 4) is 0 Å². The van der Waals surface area contributed by atoms with Crippen molar-refractivity contribution in [2.75, 3.05) is 50.7 Å². The maximum absolute atomic E-state index is 12.3. The van der Waals surface area contributed by atoms with Crippen molar-refractivity contribution in [3.63, 3.8) is 0 Å². The Morgan fingerprint density at radius 2 is 1.74 bits per heavy atom. The minimum Gasteiger partial charge on any atom is -0.353 e. The molecule has 1 aromatic carbocycles. The Morgan fingerprint density at radius 3 is 2.38 bits per heavy atom. The maximum Gasteiger partial charge on any atom is 0.252 e. The van der Waals surface area contributed by atoms with E-state index in [1.807, 2.05) is 0 Å². The molecule has 1 amide bonds. The van der Waals surface area contributed by atoms with Gasteiger partial charge in [-0.25, -0.2) is 4.98 Å². The van der Waals surface area contributed by atoms with Gasteiger partial charge in [-0.05, 0) is 63.2 Å². The lowest BCUT2D eigenvalue weighted by molar-refractivity contribution is 0.0951. The first kappa shape index (κ1) is 23.6. The third-order valence-electron chi connectivity index (χ3n) is 7.55. The van der Waals surface area contributed by atoms with E-state index >= 15 is 0 Å². The molecule has 1 aliphatic carbocycles. The lowest BCUT2D eigenvalue weighted by Gasteiger charge is -2.43. The van der Waals surface area contributed by atoms with E-state index in [4.69, 9.17) is 11.6 Å². The lowest BCUT2D eigenvalue weighted by atomic mass is 10.0. The number of anilines is 1. The van der Waals surface area contributed by atoms with Crippen molar-refractivity contribution >= 4 is 23.3 Å². The first-order chi connectivity index (χ1) is 16.5. The summed E-state index contributed by atoms with van der Waals surface area (Å²) >= 11 is 6.55. The number of rotatable bonds is 7. The van der Waals surface area contributed by atoms with E-state index in [2.05, 4.69) is 56.2 Å². The number of hydrogen-bond donors (Lipinski definition) is 1. The standard InChI is InChI=1S/C27H36ClN5O/c1-20-2-4-22(5-3-20)19-31-10-8-24(9-11-31)32-12-14-33(15-13-32)26-25(28)16-23(18-29-26)27(34)30-17-21-6-7-21/h2-5,16,18,21,24H,6-15,17,19H2,1H3,(H,30,34). The first-order valence-corrected chi connectivity index (χ1v) is 13.1. The zero-order chi connectivity index (χ0) is 23.5. The van der Waals surface area contributed by atoms with Crippen LogP contribution in [0.1, 0.15) is 47.2 Å². The molecule has 1 aromatic heterocycles. The van der Waals surface area contributed by atoms with Crippen molar-refractivity contribution in [2.24, 2.45) is 5.92 Å². The molecule has 3 heterocycles. The zero-order valence-corrected chi connectivity index (χ0v) is 20.9. The molecule has 5 rings (SSSR count). The number of carbonyl (C=O) groups excluding carboxylic acids is 1. The molecule has 182 valence electrons. The maximum atomic E-state index is 12.3. The van der Waals surface area contributed by atoms with Crippen LogP contribution in [0, 0.1) is 12.8 Å². The van der Waals surface area contributed by atoms with Crippen molar-refractivity contribution in [1.82, 2.24) is 20.1 Å². The predicted molar refractivity (Wildman–Crippen MR) is 138 cm³/mol. The minimum atomic E-state index is -0.0774. The van der Waals surface area contributed by atoms with Crippen molar-refractivity contribution in [1.29, 1.82) is 0 Å². The predicted octanol–water partition coefficient (Wildman–Crippen LogP) is 3.97. The Labute approximate surface area is 208 Å². The number of likely N-dealkylation sites (tertiary alicyclic amines) is 1. The monoisotopic (exact) mass is 481 g/mol. The molecule has 2 aromatic rings. The molecular weight excluding hydrogens is 446 g/mol. The second-order valence-electron chi connectivity index (χ2n) is 10.2. The molecular formula is C27H36ClN5O. The Kier molecular flexibility index (Phi) is 7.37. The van der Waals surface area contributed by atoms with Crippen LogP contribution in [0.4, 0.5) is 5.82 Å². The lowest BCUT2D eigenvalue weighted by Crippen LogP contribution is -2.53. The number of benzene rings is 1. The molecule has 0 atom stereocenters. The summed E-state index contributed by atoms with van der Waals surface area (Å²) in [5, 5.41) is 3.55. The van der Waals surface area contributed by atoms with Gasteiger partial charge in [-0.3, -0.25) is 14.6 Å². The quantitative estimate of drug-likeness (QED) is 0.648. The van der Waals surface area contributed by atoms with Gasteiger partial charge < -0.3 is 10.2 Å². The molecule has 3 fully saturated rings. The highest BCUT2D eigenvalue weighted by molar-refractivity contribution is 6.33. The molecule has 7 heteroatoms. The third-order valence-corrected chi connectivity index (χ3v) is 7.82. The van der Waals surface area contributed by atoms with Crippen LogP contribution >= 0.6 is 11.6 Å². The normalized spacial score (nSPS) is 20.5. The van der Waals surface area contributed by atoms with Gasteiger partial charge in [0, 0.05) is 51.5 Å². The fraction of sp³-hybridized carbons (Fsp3) is 0.556. The van der Waals surface area contributed by atoms with Crippen molar-refractivity contribution in [3.05, 3.63) is 58.2 Å². The van der Waals surface area contributed by atoms with Gasteiger partial charge in [-0.1, -0.05) is 41.4 Å². The number of halogens is 1. The number of aryl methyl sites for hydroxylation is 1. The van der Waals surface area contributed by atoms with Crippen molar-refractivity contribution < 1.29 is 4.79 Å². The van der Waals surface area contributed by atoms with Gasteiger partial charge in [0.25, 0.3) is 5.91 Å². The topological polar surface area (TPSA) is 51.7 Å². The average Bonchev–Trinajstić information content (AvgIpc) is 3.69. The van der Waals surface area contributed by atoms with Crippen LogP contribution in [0.25, 0.3) is 0 Å². The smallest absolute Gasteiger partial charge is 0.252 e. The van der Waals surface area contributed by atoms with Crippen LogP contribution in [-0.4, -0.2) is 72.5 Å². The van der Waals surface area contributed by atoms with E-state index in [1.54, 1.807) is 12.3 Å². The van der Waals surface area contributed by atoms with E-state index in [0.29, 0.717) is 22.5 Å². The number of carbonyl (C=O) groups is 1. The fourth-order valence-electron chi connectivity index (χ4n) is 5.14. The first-order valence-electron chi connectivity index (χ1n) is 12.8. The molecule has 0 spiro atoms. The molecule has 0 unspecified atom stereocenters. The summed E-state index contributed by atoms with van der Waals surface area (Å²) in [5.41, 5.74) is 3.28. The van der Waals surface area contributed by atoms with Gasteiger partial charge in [0.15, 0.2) is 0 Å². The van der Waals surface area contributed by atoms with Crippen LogP contribution < -0.4 is 10.2 Å². The molecule has 2 saturated heterocycles. The number of amides is 1. The highest BCUT2D eigenvalue weighted by Crippen LogP contribution is 2.29. The molecule has 1 saturated carbocycles. The van der Waals surface area contributed by atoms with Crippen LogP contribution in [0.15, 0.2) is 36.5 Å². The number of hydrogen-bond acceptors (Lipinski definition) is 5. The number of nitrogens with zero attached hydrogens (tertiary/aromatic N) is 4. The Balaban J connectivity index is 1.08. The number of piperazine rings is 1. The van der Waals surface area contributed by atoms with E-state index < -0.39 is 0 Å². The van der Waals surface area contributed by atoms with Crippen LogP contribution in [0.2, 0.25) is 5.02 Å². The van der Waals surface area contributed by atoms with E-state index in [-0.39, 0.29) is 5.91 Å². The van der Waals surface area contributed by atoms with Crippen LogP contribution in [0.3, 0.4) is 0 Å². The molecule has 0 radical (unpaired) electrons. The van der Waals surface area contributed by atoms with Gasteiger partial charge in [0.1, 0.15) is 5.82 Å². The summed E-state index contributed by atoms with van der Waals surface area (Å²) in [7, 11) is 0. The molecule has 2 aliphatic heterocycles. The number of aromatic nitrogens is 1. The second kappa shape index (κ2) is 10.6. The van der Waals surface area contributed by atoms with Gasteiger partial charge in [0.05, 0.1) is 10.6 Å². The molecule has 3 aliphatic rings. The Morgan fingerprint density at radius 1 is 1.03 bits per heavy atom. The molecule has 1 N–H and O–H groups in total. The molecule has 0 bridgehead atoms. The summed E-state index contributed by atoms with van der Waals surface area (Å²) in [4.78, 5) is 24.4. The summed E-state index contributed by atoms with van der Waals surface area (Å²) < 4.78 is 0. The largest absolute Gasteiger partial charge is 0.353 e. The van der Waals surface area contributed by atoms with Gasteiger partial charge in [0.2, 0.25) is 0 Å². The summed E-state index contributed by atoms with van der Waals surface area (Å²) in [5.74, 6) is 1.38. The Hall–Kier alpha value is -2.15. The summed E-state index contributed by atoms with van der Waals surface area (Å²) in [6.45, 7) is 10.2. The molecule has 34 heavy (non-hydrogen) atoms. The second-order valence-corrected chi connectivity index (χ2v) is 10.6. The molecule has 6 nitrogen and oxygen atoms in total. The van der Waals surface area contributed by atoms with E-state index in [1.165, 1.54) is 36.8 Å². The Bertz CT molecular complexity index is 977. The zero-order valence-electron chi connectivity index (χ0n) is 20.2. The minimum absolute atomic E-state index is 0.0774.